The fourth-order valence-corrected chi connectivity index (χ4v) is 2.54. The van der Waals surface area contributed by atoms with Crippen LogP contribution in [0.4, 0.5) is 10.1 Å². The minimum Gasteiger partial charge on any atom is -0.398 e. The molecule has 0 aliphatic carbocycles. The highest BCUT2D eigenvalue weighted by molar-refractivity contribution is 7.89. The summed E-state index contributed by atoms with van der Waals surface area (Å²) in [5, 5.41) is 0. The van der Waals surface area contributed by atoms with Gasteiger partial charge in [-0.25, -0.2) is 17.5 Å². The molecular formula is C11H15FN2O2S. The minimum atomic E-state index is -3.92. The van der Waals surface area contributed by atoms with Gasteiger partial charge >= 0.3 is 0 Å². The monoisotopic (exact) mass is 258 g/mol. The van der Waals surface area contributed by atoms with Crippen LogP contribution in [0.15, 0.2) is 29.7 Å². The van der Waals surface area contributed by atoms with Gasteiger partial charge in [0.1, 0.15) is 10.7 Å². The average molecular weight is 258 g/mol. The van der Waals surface area contributed by atoms with Gasteiger partial charge in [0, 0.05) is 11.7 Å². The Hall–Kier alpha value is -1.40. The number of hydrogen-bond acceptors (Lipinski definition) is 3. The van der Waals surface area contributed by atoms with Crippen LogP contribution in [0.25, 0.3) is 0 Å². The van der Waals surface area contributed by atoms with Gasteiger partial charge < -0.3 is 5.73 Å². The molecule has 0 radical (unpaired) electrons. The van der Waals surface area contributed by atoms with E-state index in [4.69, 9.17) is 5.73 Å². The van der Waals surface area contributed by atoms with Crippen LogP contribution in [-0.4, -0.2) is 14.5 Å². The van der Waals surface area contributed by atoms with E-state index in [0.29, 0.717) is 5.56 Å². The predicted octanol–water partition coefficient (Wildman–Crippen LogP) is 1.57. The largest absolute Gasteiger partial charge is 0.398 e. The number of hydrogen-bond donors (Lipinski definition) is 2. The summed E-state index contributed by atoms with van der Waals surface area (Å²) >= 11 is 0. The molecule has 0 fully saturated rings. The lowest BCUT2D eigenvalue weighted by Crippen LogP contribution is -2.31. The van der Waals surface area contributed by atoms with Crippen molar-refractivity contribution < 1.29 is 12.8 Å². The standard InChI is InChI=1S/C11H15FN2O2S/c1-4-8(3)14-17(15,16)11-6-10(13)7(2)5-9(11)12/h4-6,8,14H,1,13H2,2-3H3. The Morgan fingerprint density at radius 3 is 2.65 bits per heavy atom. The Morgan fingerprint density at radius 1 is 1.53 bits per heavy atom. The van der Waals surface area contributed by atoms with Gasteiger partial charge in [-0.05, 0) is 31.5 Å². The molecule has 94 valence electrons. The van der Waals surface area contributed by atoms with Crippen molar-refractivity contribution in [2.75, 3.05) is 5.73 Å². The maximum Gasteiger partial charge on any atom is 0.244 e. The number of aryl methyl sites for hydroxylation is 1. The molecule has 1 atom stereocenters. The van der Waals surface area contributed by atoms with Gasteiger partial charge in [-0.15, -0.1) is 6.58 Å². The van der Waals surface area contributed by atoms with E-state index in [2.05, 4.69) is 11.3 Å². The van der Waals surface area contributed by atoms with Crippen LogP contribution in [-0.2, 0) is 10.0 Å². The summed E-state index contributed by atoms with van der Waals surface area (Å²) in [6.45, 7) is 6.65. The lowest BCUT2D eigenvalue weighted by atomic mass is 10.2. The molecule has 0 saturated heterocycles. The molecule has 6 heteroatoms. The van der Waals surface area contributed by atoms with Crippen molar-refractivity contribution in [1.29, 1.82) is 0 Å². The van der Waals surface area contributed by atoms with Crippen LogP contribution in [0.2, 0.25) is 0 Å². The van der Waals surface area contributed by atoms with E-state index in [1.165, 1.54) is 6.08 Å². The summed E-state index contributed by atoms with van der Waals surface area (Å²) in [5.74, 6) is -0.819. The van der Waals surface area contributed by atoms with Crippen molar-refractivity contribution in [1.82, 2.24) is 4.72 Å². The quantitative estimate of drug-likeness (QED) is 0.636. The maximum atomic E-state index is 13.6. The molecule has 1 rings (SSSR count). The minimum absolute atomic E-state index is 0.234. The first-order valence-corrected chi connectivity index (χ1v) is 6.46. The summed E-state index contributed by atoms with van der Waals surface area (Å²) in [6.07, 6.45) is 1.41. The molecule has 0 aliphatic rings. The number of nitrogens with two attached hydrogens (primary N) is 1. The van der Waals surface area contributed by atoms with E-state index in [-0.39, 0.29) is 5.69 Å². The van der Waals surface area contributed by atoms with Crippen molar-refractivity contribution in [2.24, 2.45) is 0 Å². The maximum absolute atomic E-state index is 13.6. The van der Waals surface area contributed by atoms with Gasteiger partial charge in [-0.2, -0.15) is 0 Å². The number of nitrogen functional groups attached to an aromatic ring is 1. The van der Waals surface area contributed by atoms with Crippen molar-refractivity contribution in [2.45, 2.75) is 24.8 Å². The number of nitrogens with one attached hydrogen (secondary N) is 1. The molecule has 17 heavy (non-hydrogen) atoms. The van der Waals surface area contributed by atoms with Crippen LogP contribution in [0.5, 0.6) is 0 Å². The highest BCUT2D eigenvalue weighted by Gasteiger charge is 2.21. The Kier molecular flexibility index (Phi) is 3.90. The molecule has 4 nitrogen and oxygen atoms in total. The average Bonchev–Trinajstić information content (AvgIpc) is 2.22. The van der Waals surface area contributed by atoms with Gasteiger partial charge in [0.05, 0.1) is 0 Å². The van der Waals surface area contributed by atoms with E-state index in [1.807, 2.05) is 0 Å². The lowest BCUT2D eigenvalue weighted by Gasteiger charge is -2.12. The summed E-state index contributed by atoms with van der Waals surface area (Å²) in [6, 6.07) is 1.73. The first-order chi connectivity index (χ1) is 7.77. The summed E-state index contributed by atoms with van der Waals surface area (Å²) in [5.41, 5.74) is 6.30. The highest BCUT2D eigenvalue weighted by Crippen LogP contribution is 2.21. The molecule has 0 aliphatic heterocycles. The zero-order valence-corrected chi connectivity index (χ0v) is 10.5. The predicted molar refractivity (Wildman–Crippen MR) is 65.5 cm³/mol. The normalized spacial score (nSPS) is 13.4. The Balaban J connectivity index is 3.24. The number of sulfonamides is 1. The van der Waals surface area contributed by atoms with E-state index in [9.17, 15) is 12.8 Å². The zero-order chi connectivity index (χ0) is 13.2. The van der Waals surface area contributed by atoms with Crippen LogP contribution >= 0.6 is 0 Å². The smallest absolute Gasteiger partial charge is 0.244 e. The molecule has 1 aromatic rings. The Bertz CT molecular complexity index is 541. The van der Waals surface area contributed by atoms with Crippen LogP contribution < -0.4 is 10.5 Å². The van der Waals surface area contributed by atoms with Gasteiger partial charge in [0.25, 0.3) is 0 Å². The molecule has 0 spiro atoms. The third-order valence-electron chi connectivity index (χ3n) is 2.30. The van der Waals surface area contributed by atoms with Crippen LogP contribution in [0.1, 0.15) is 12.5 Å². The molecule has 1 aromatic carbocycles. The second-order valence-electron chi connectivity index (χ2n) is 3.78. The first kappa shape index (κ1) is 13.7. The van der Waals surface area contributed by atoms with Crippen molar-refractivity contribution >= 4 is 15.7 Å². The van der Waals surface area contributed by atoms with Crippen LogP contribution in [0.3, 0.4) is 0 Å². The van der Waals surface area contributed by atoms with E-state index in [1.54, 1.807) is 13.8 Å². The van der Waals surface area contributed by atoms with Crippen molar-refractivity contribution in [3.63, 3.8) is 0 Å². The lowest BCUT2D eigenvalue weighted by molar-refractivity contribution is 0.553. The van der Waals surface area contributed by atoms with E-state index >= 15 is 0 Å². The third-order valence-corrected chi connectivity index (χ3v) is 3.88. The number of benzene rings is 1. The highest BCUT2D eigenvalue weighted by atomic mass is 32.2. The number of halogens is 1. The molecule has 1 unspecified atom stereocenters. The van der Waals surface area contributed by atoms with Crippen LogP contribution in [0, 0.1) is 12.7 Å². The fraction of sp³-hybridized carbons (Fsp3) is 0.273. The molecule has 0 saturated carbocycles. The topological polar surface area (TPSA) is 72.2 Å². The Morgan fingerprint density at radius 2 is 2.12 bits per heavy atom. The third kappa shape index (κ3) is 3.04. The van der Waals surface area contributed by atoms with Gasteiger partial charge in [-0.3, -0.25) is 0 Å². The fourth-order valence-electron chi connectivity index (χ4n) is 1.23. The second-order valence-corrected chi connectivity index (χ2v) is 5.47. The molecule has 0 heterocycles. The summed E-state index contributed by atoms with van der Waals surface area (Å²) in [4.78, 5) is -0.450. The SMILES string of the molecule is C=CC(C)NS(=O)(=O)c1cc(N)c(C)cc1F. The number of rotatable bonds is 4. The molecule has 0 amide bonds. The Labute approximate surface area is 100 Å². The van der Waals surface area contributed by atoms with Crippen molar-refractivity contribution in [3.8, 4) is 0 Å². The van der Waals surface area contributed by atoms with Crippen molar-refractivity contribution in [3.05, 3.63) is 36.2 Å². The molecule has 3 N–H and O–H groups in total. The van der Waals surface area contributed by atoms with E-state index in [0.717, 1.165) is 12.1 Å². The second kappa shape index (κ2) is 4.85. The molecular weight excluding hydrogens is 243 g/mol. The number of anilines is 1. The van der Waals surface area contributed by atoms with E-state index < -0.39 is 26.8 Å². The molecule has 0 aromatic heterocycles. The van der Waals surface area contributed by atoms with Gasteiger partial charge in [0.15, 0.2) is 0 Å². The summed E-state index contributed by atoms with van der Waals surface area (Å²) in [7, 11) is -3.92. The molecule has 0 bridgehead atoms. The summed E-state index contributed by atoms with van der Waals surface area (Å²) < 4.78 is 39.5. The van der Waals surface area contributed by atoms with Gasteiger partial charge in [-0.1, -0.05) is 6.08 Å². The zero-order valence-electron chi connectivity index (χ0n) is 9.70. The first-order valence-electron chi connectivity index (χ1n) is 4.98. The van der Waals surface area contributed by atoms with Gasteiger partial charge in [0.2, 0.25) is 10.0 Å².